The minimum absolute atomic E-state index is 0.160. The molecule has 0 spiro atoms. The molecule has 0 radical (unpaired) electrons. The molecule has 1 aromatic carbocycles. The maximum Gasteiger partial charge on any atom is 0.264 e. The molecule has 6 heteroatoms. The Morgan fingerprint density at radius 2 is 2.06 bits per heavy atom. The number of carbonyl (C=O) groups excluding carboxylic acids is 1. The Kier molecular flexibility index (Phi) is 3.38. The Labute approximate surface area is 103 Å². The molecular formula is C12H12N4O2. The fourth-order valence-corrected chi connectivity index (χ4v) is 1.47. The number of nitrogens with two attached hydrogens (primary N) is 1. The number of carbonyl (C=O) groups is 1. The van der Waals surface area contributed by atoms with Crippen molar-refractivity contribution in [3.05, 3.63) is 52.3 Å². The SMILES string of the molecule is Nc1ccccc1CC(=O)Nc1ccc(=O)[nH]n1. The van der Waals surface area contributed by atoms with Gasteiger partial charge in [-0.2, -0.15) is 5.10 Å². The maximum absolute atomic E-state index is 11.7. The molecule has 0 aliphatic rings. The molecule has 0 bridgehead atoms. The largest absolute Gasteiger partial charge is 0.398 e. The molecule has 92 valence electrons. The van der Waals surface area contributed by atoms with Gasteiger partial charge < -0.3 is 11.1 Å². The van der Waals surface area contributed by atoms with Gasteiger partial charge in [-0.3, -0.25) is 9.59 Å². The van der Waals surface area contributed by atoms with Crippen LogP contribution in [0.3, 0.4) is 0 Å². The van der Waals surface area contributed by atoms with Crippen LogP contribution < -0.4 is 16.6 Å². The maximum atomic E-state index is 11.7. The number of H-pyrrole nitrogens is 1. The molecule has 1 aromatic heterocycles. The number of aromatic nitrogens is 2. The fourth-order valence-electron chi connectivity index (χ4n) is 1.47. The van der Waals surface area contributed by atoms with Crippen molar-refractivity contribution >= 4 is 17.4 Å². The number of nitrogens with zero attached hydrogens (tertiary/aromatic N) is 1. The molecule has 4 N–H and O–H groups in total. The molecule has 6 nitrogen and oxygen atoms in total. The average Bonchev–Trinajstić information content (AvgIpc) is 2.35. The Morgan fingerprint density at radius 1 is 1.28 bits per heavy atom. The van der Waals surface area contributed by atoms with Gasteiger partial charge in [0.05, 0.1) is 6.42 Å². The average molecular weight is 244 g/mol. The molecule has 2 rings (SSSR count). The van der Waals surface area contributed by atoms with Crippen molar-refractivity contribution in [3.63, 3.8) is 0 Å². The summed E-state index contributed by atoms with van der Waals surface area (Å²) in [6.45, 7) is 0. The molecule has 0 fully saturated rings. The monoisotopic (exact) mass is 244 g/mol. The standard InChI is InChI=1S/C12H12N4O2/c13-9-4-2-1-3-8(9)7-12(18)14-10-5-6-11(17)16-15-10/h1-6H,7,13H2,(H,16,17)(H,14,15,18). The number of rotatable bonds is 3. The van der Waals surface area contributed by atoms with Crippen molar-refractivity contribution in [2.24, 2.45) is 0 Å². The van der Waals surface area contributed by atoms with Crippen LogP contribution in [0.4, 0.5) is 11.5 Å². The summed E-state index contributed by atoms with van der Waals surface area (Å²) in [6.07, 6.45) is 0.160. The van der Waals surface area contributed by atoms with E-state index >= 15 is 0 Å². The Morgan fingerprint density at radius 3 is 2.72 bits per heavy atom. The molecule has 0 aliphatic carbocycles. The van der Waals surface area contributed by atoms with Gasteiger partial charge in [0, 0.05) is 11.8 Å². The molecule has 0 unspecified atom stereocenters. The summed E-state index contributed by atoms with van der Waals surface area (Å²) in [5.74, 6) is 0.0570. The summed E-state index contributed by atoms with van der Waals surface area (Å²) in [4.78, 5) is 22.5. The predicted molar refractivity (Wildman–Crippen MR) is 68.0 cm³/mol. The lowest BCUT2D eigenvalue weighted by Gasteiger charge is -2.05. The van der Waals surface area contributed by atoms with Gasteiger partial charge >= 0.3 is 0 Å². The van der Waals surface area contributed by atoms with Crippen LogP contribution in [0.15, 0.2) is 41.2 Å². The molecule has 1 heterocycles. The van der Waals surface area contributed by atoms with E-state index in [1.165, 1.54) is 12.1 Å². The van der Waals surface area contributed by atoms with Gasteiger partial charge in [-0.25, -0.2) is 5.10 Å². The smallest absolute Gasteiger partial charge is 0.264 e. The van der Waals surface area contributed by atoms with Crippen LogP contribution in [0.1, 0.15) is 5.56 Å². The van der Waals surface area contributed by atoms with Gasteiger partial charge in [0.1, 0.15) is 0 Å². The lowest BCUT2D eigenvalue weighted by molar-refractivity contribution is -0.115. The van der Waals surface area contributed by atoms with Crippen LogP contribution in [0, 0.1) is 0 Å². The molecular weight excluding hydrogens is 232 g/mol. The van der Waals surface area contributed by atoms with E-state index in [-0.39, 0.29) is 17.9 Å². The normalized spacial score (nSPS) is 10.0. The van der Waals surface area contributed by atoms with Crippen molar-refractivity contribution in [2.75, 3.05) is 11.1 Å². The first-order valence-corrected chi connectivity index (χ1v) is 5.34. The lowest BCUT2D eigenvalue weighted by Crippen LogP contribution is -2.18. The van der Waals surface area contributed by atoms with Gasteiger partial charge in [0.15, 0.2) is 5.82 Å². The number of amides is 1. The second kappa shape index (κ2) is 5.13. The highest BCUT2D eigenvalue weighted by Crippen LogP contribution is 2.11. The van der Waals surface area contributed by atoms with E-state index in [9.17, 15) is 9.59 Å². The van der Waals surface area contributed by atoms with Crippen LogP contribution in [0.5, 0.6) is 0 Å². The summed E-state index contributed by atoms with van der Waals surface area (Å²) < 4.78 is 0. The number of aromatic amines is 1. The van der Waals surface area contributed by atoms with Gasteiger partial charge in [-0.05, 0) is 17.7 Å². The number of hydrogen-bond donors (Lipinski definition) is 3. The van der Waals surface area contributed by atoms with Crippen LogP contribution in [-0.4, -0.2) is 16.1 Å². The molecule has 0 atom stereocenters. The van der Waals surface area contributed by atoms with Gasteiger partial charge in [0.25, 0.3) is 5.56 Å². The molecule has 0 saturated heterocycles. The van der Waals surface area contributed by atoms with E-state index in [0.29, 0.717) is 11.5 Å². The predicted octanol–water partition coefficient (Wildman–Crippen LogP) is 0.533. The van der Waals surface area contributed by atoms with Crippen molar-refractivity contribution < 1.29 is 4.79 Å². The zero-order chi connectivity index (χ0) is 13.0. The summed E-state index contributed by atoms with van der Waals surface area (Å²) in [5.41, 5.74) is 6.74. The first-order chi connectivity index (χ1) is 8.65. The van der Waals surface area contributed by atoms with E-state index in [4.69, 9.17) is 5.73 Å². The highest BCUT2D eigenvalue weighted by Gasteiger charge is 2.07. The second-order valence-corrected chi connectivity index (χ2v) is 3.73. The number of nitrogen functional groups attached to an aromatic ring is 1. The third-order valence-electron chi connectivity index (χ3n) is 2.35. The summed E-state index contributed by atoms with van der Waals surface area (Å²) in [5, 5.41) is 8.49. The van der Waals surface area contributed by atoms with Crippen molar-refractivity contribution in [1.29, 1.82) is 0 Å². The van der Waals surface area contributed by atoms with Crippen molar-refractivity contribution in [2.45, 2.75) is 6.42 Å². The van der Waals surface area contributed by atoms with E-state index in [1.807, 2.05) is 6.07 Å². The number of anilines is 2. The van der Waals surface area contributed by atoms with Crippen molar-refractivity contribution in [1.82, 2.24) is 10.2 Å². The molecule has 18 heavy (non-hydrogen) atoms. The highest BCUT2D eigenvalue weighted by atomic mass is 16.1. The number of para-hydroxylation sites is 1. The zero-order valence-electron chi connectivity index (χ0n) is 9.51. The van der Waals surface area contributed by atoms with Crippen LogP contribution >= 0.6 is 0 Å². The Bertz CT molecular complexity index is 601. The topological polar surface area (TPSA) is 101 Å². The highest BCUT2D eigenvalue weighted by molar-refractivity contribution is 5.92. The molecule has 1 amide bonds. The quantitative estimate of drug-likeness (QED) is 0.685. The summed E-state index contributed by atoms with van der Waals surface area (Å²) in [6, 6.07) is 9.87. The Balaban J connectivity index is 2.03. The van der Waals surface area contributed by atoms with Gasteiger partial charge in [-0.15, -0.1) is 0 Å². The van der Waals surface area contributed by atoms with Crippen LogP contribution in [-0.2, 0) is 11.2 Å². The summed E-state index contributed by atoms with van der Waals surface area (Å²) >= 11 is 0. The summed E-state index contributed by atoms with van der Waals surface area (Å²) in [7, 11) is 0. The number of nitrogens with one attached hydrogen (secondary N) is 2. The third kappa shape index (κ3) is 2.94. The molecule has 2 aromatic rings. The Hall–Kier alpha value is -2.63. The van der Waals surface area contributed by atoms with Gasteiger partial charge in [-0.1, -0.05) is 18.2 Å². The van der Waals surface area contributed by atoms with Crippen LogP contribution in [0.25, 0.3) is 0 Å². The van der Waals surface area contributed by atoms with E-state index in [2.05, 4.69) is 15.5 Å². The lowest BCUT2D eigenvalue weighted by atomic mass is 10.1. The van der Waals surface area contributed by atoms with Crippen molar-refractivity contribution in [3.8, 4) is 0 Å². The minimum atomic E-state index is -0.319. The zero-order valence-corrected chi connectivity index (χ0v) is 9.51. The fraction of sp³-hybridized carbons (Fsp3) is 0.0833. The van der Waals surface area contributed by atoms with Gasteiger partial charge in [0.2, 0.25) is 5.91 Å². The number of hydrogen-bond acceptors (Lipinski definition) is 4. The first kappa shape index (κ1) is 11.8. The molecule has 0 aliphatic heterocycles. The van der Waals surface area contributed by atoms with Crippen LogP contribution in [0.2, 0.25) is 0 Å². The van der Waals surface area contributed by atoms with E-state index < -0.39 is 0 Å². The number of benzene rings is 1. The van der Waals surface area contributed by atoms with E-state index in [1.54, 1.807) is 18.2 Å². The van der Waals surface area contributed by atoms with E-state index in [0.717, 1.165) is 5.56 Å². The molecule has 0 saturated carbocycles. The second-order valence-electron chi connectivity index (χ2n) is 3.73. The minimum Gasteiger partial charge on any atom is -0.398 e. The third-order valence-corrected chi connectivity index (χ3v) is 2.35. The first-order valence-electron chi connectivity index (χ1n) is 5.34.